The van der Waals surface area contributed by atoms with Crippen molar-refractivity contribution in [1.82, 2.24) is 25.1 Å². The van der Waals surface area contributed by atoms with Crippen LogP contribution in [0.25, 0.3) is 0 Å². The number of aromatic nitrogens is 4. The number of aryl methyl sites for hydroxylation is 1. The highest BCUT2D eigenvalue weighted by Gasteiger charge is 2.33. The van der Waals surface area contributed by atoms with Crippen molar-refractivity contribution in [2.45, 2.75) is 46.2 Å². The van der Waals surface area contributed by atoms with Crippen LogP contribution >= 0.6 is 0 Å². The summed E-state index contributed by atoms with van der Waals surface area (Å²) in [5.41, 5.74) is 4.70. The first kappa shape index (κ1) is 21.4. The van der Waals surface area contributed by atoms with Crippen LogP contribution in [0.2, 0.25) is 0 Å². The Morgan fingerprint density at radius 2 is 1.61 bits per heavy atom. The van der Waals surface area contributed by atoms with E-state index in [-0.39, 0.29) is 17.4 Å². The maximum Gasteiger partial charge on any atom is 0.173 e. The van der Waals surface area contributed by atoms with Crippen molar-refractivity contribution in [3.05, 3.63) is 70.8 Å². The second-order valence-corrected chi connectivity index (χ2v) is 9.32. The smallest absolute Gasteiger partial charge is 0.173 e. The topological polar surface area (TPSA) is 50.1 Å². The first-order valence-corrected chi connectivity index (χ1v) is 10.8. The Kier molecular flexibility index (Phi) is 5.79. The van der Waals surface area contributed by atoms with E-state index in [1.807, 2.05) is 16.8 Å². The van der Waals surface area contributed by atoms with E-state index in [9.17, 15) is 4.39 Å². The molecule has 1 atom stereocenters. The monoisotopic (exact) mass is 422 g/mol. The van der Waals surface area contributed by atoms with Gasteiger partial charge in [0.05, 0.1) is 11.6 Å². The summed E-state index contributed by atoms with van der Waals surface area (Å²) >= 11 is 0. The average Bonchev–Trinajstić information content (AvgIpc) is 3.22. The summed E-state index contributed by atoms with van der Waals surface area (Å²) in [7, 11) is 0. The summed E-state index contributed by atoms with van der Waals surface area (Å²) in [6, 6.07) is 13.1. The molecule has 1 aliphatic rings. The molecule has 0 radical (unpaired) electrons. The summed E-state index contributed by atoms with van der Waals surface area (Å²) in [4.78, 5) is 4.86. The Labute approximate surface area is 183 Å². The van der Waals surface area contributed by atoms with E-state index in [1.165, 1.54) is 28.9 Å². The number of anilines is 1. The van der Waals surface area contributed by atoms with Gasteiger partial charge >= 0.3 is 0 Å². The zero-order chi connectivity index (χ0) is 22.2. The van der Waals surface area contributed by atoms with Gasteiger partial charge in [-0.15, -0.1) is 5.10 Å². The van der Waals surface area contributed by atoms with Gasteiger partial charge in [-0.1, -0.05) is 24.3 Å². The second kappa shape index (κ2) is 8.38. The van der Waals surface area contributed by atoms with Gasteiger partial charge in [0.15, 0.2) is 5.82 Å². The number of halogens is 1. The molecule has 1 fully saturated rings. The lowest BCUT2D eigenvalue weighted by atomic mass is 10.0. The molecule has 2 heterocycles. The number of hydrogen-bond acceptors (Lipinski definition) is 5. The van der Waals surface area contributed by atoms with E-state index in [0.29, 0.717) is 0 Å². The van der Waals surface area contributed by atoms with Crippen molar-refractivity contribution < 1.29 is 4.39 Å². The number of piperazine rings is 1. The van der Waals surface area contributed by atoms with Crippen molar-refractivity contribution in [3.63, 3.8) is 0 Å². The summed E-state index contributed by atoms with van der Waals surface area (Å²) in [6.07, 6.45) is 0. The number of hydrogen-bond donors (Lipinski definition) is 0. The van der Waals surface area contributed by atoms with Gasteiger partial charge in [0, 0.05) is 31.9 Å². The van der Waals surface area contributed by atoms with Crippen molar-refractivity contribution in [1.29, 1.82) is 0 Å². The van der Waals surface area contributed by atoms with Crippen molar-refractivity contribution in [3.8, 4) is 0 Å². The Morgan fingerprint density at radius 1 is 0.935 bits per heavy atom. The fourth-order valence-corrected chi connectivity index (χ4v) is 4.31. The van der Waals surface area contributed by atoms with Crippen molar-refractivity contribution in [2.24, 2.45) is 0 Å². The SMILES string of the molecule is Cc1cccc(N2CCN(C(c3ccc(F)cc3)c3nnnn3C(C)(C)C)CC2)c1C. The second-order valence-electron chi connectivity index (χ2n) is 9.32. The minimum Gasteiger partial charge on any atom is -0.369 e. The zero-order valence-corrected chi connectivity index (χ0v) is 19.0. The van der Waals surface area contributed by atoms with Crippen LogP contribution in [0.5, 0.6) is 0 Å². The maximum absolute atomic E-state index is 13.6. The summed E-state index contributed by atoms with van der Waals surface area (Å²) in [5.74, 6) is 0.553. The highest BCUT2D eigenvalue weighted by Crippen LogP contribution is 2.32. The molecule has 1 aromatic heterocycles. The van der Waals surface area contributed by atoms with E-state index in [0.717, 1.165) is 37.6 Å². The summed E-state index contributed by atoms with van der Waals surface area (Å²) in [5, 5.41) is 12.7. The van der Waals surface area contributed by atoms with Crippen LogP contribution in [0, 0.1) is 19.7 Å². The van der Waals surface area contributed by atoms with Gasteiger partial charge in [-0.25, -0.2) is 9.07 Å². The largest absolute Gasteiger partial charge is 0.369 e. The maximum atomic E-state index is 13.6. The van der Waals surface area contributed by atoms with Gasteiger partial charge in [0.2, 0.25) is 0 Å². The molecular weight excluding hydrogens is 391 g/mol. The third kappa shape index (κ3) is 4.32. The van der Waals surface area contributed by atoms with Crippen LogP contribution < -0.4 is 4.90 Å². The first-order valence-electron chi connectivity index (χ1n) is 10.8. The molecule has 0 amide bonds. The van der Waals surface area contributed by atoms with E-state index < -0.39 is 0 Å². The number of nitrogens with zero attached hydrogens (tertiary/aromatic N) is 6. The van der Waals surface area contributed by atoms with Gasteiger partial charge in [-0.3, -0.25) is 4.90 Å². The lowest BCUT2D eigenvalue weighted by molar-refractivity contribution is 0.191. The summed E-state index contributed by atoms with van der Waals surface area (Å²) in [6.45, 7) is 14.2. The summed E-state index contributed by atoms with van der Waals surface area (Å²) < 4.78 is 15.5. The van der Waals surface area contributed by atoms with Crippen LogP contribution in [0.3, 0.4) is 0 Å². The molecule has 164 valence electrons. The predicted molar refractivity (Wildman–Crippen MR) is 121 cm³/mol. The number of benzene rings is 2. The minimum absolute atomic E-state index is 0.129. The van der Waals surface area contributed by atoms with E-state index in [4.69, 9.17) is 0 Å². The predicted octanol–water partition coefficient (Wildman–Crippen LogP) is 4.10. The van der Waals surface area contributed by atoms with Gasteiger partial charge in [0.1, 0.15) is 5.82 Å². The van der Waals surface area contributed by atoms with Crippen LogP contribution in [0.4, 0.5) is 10.1 Å². The lowest BCUT2D eigenvalue weighted by Crippen LogP contribution is -2.49. The highest BCUT2D eigenvalue weighted by atomic mass is 19.1. The van der Waals surface area contributed by atoms with Crippen LogP contribution in [0.1, 0.15) is 49.3 Å². The Balaban J connectivity index is 1.64. The third-order valence-electron chi connectivity index (χ3n) is 6.16. The van der Waals surface area contributed by atoms with Crippen molar-refractivity contribution >= 4 is 5.69 Å². The van der Waals surface area contributed by atoms with Gasteiger partial charge < -0.3 is 4.90 Å². The normalized spacial score (nSPS) is 16.5. The molecule has 2 aromatic carbocycles. The lowest BCUT2D eigenvalue weighted by Gasteiger charge is -2.41. The third-order valence-corrected chi connectivity index (χ3v) is 6.16. The number of rotatable bonds is 4. The fourth-order valence-electron chi connectivity index (χ4n) is 4.31. The molecule has 31 heavy (non-hydrogen) atoms. The molecule has 0 saturated carbocycles. The average molecular weight is 423 g/mol. The molecule has 0 bridgehead atoms. The minimum atomic E-state index is -0.252. The van der Waals surface area contributed by atoms with Crippen LogP contribution in [-0.4, -0.2) is 51.3 Å². The van der Waals surface area contributed by atoms with Gasteiger partial charge in [-0.2, -0.15) is 0 Å². The molecule has 0 N–H and O–H groups in total. The Morgan fingerprint density at radius 3 is 2.26 bits per heavy atom. The molecular formula is C24H31FN6. The van der Waals surface area contributed by atoms with Crippen molar-refractivity contribution in [2.75, 3.05) is 31.1 Å². The molecule has 0 aliphatic carbocycles. The fraction of sp³-hybridized carbons (Fsp3) is 0.458. The van der Waals surface area contributed by atoms with Gasteiger partial charge in [0.25, 0.3) is 0 Å². The standard InChI is InChI=1S/C24H31FN6/c1-17-7-6-8-21(18(17)2)29-13-15-30(16-14-29)22(19-9-11-20(25)12-10-19)23-26-27-28-31(23)24(3,4)5/h6-12,22H,13-16H2,1-5H3. The van der Waals surface area contributed by atoms with Crippen LogP contribution in [-0.2, 0) is 5.54 Å². The highest BCUT2D eigenvalue weighted by molar-refractivity contribution is 5.56. The molecule has 3 aromatic rings. The molecule has 4 rings (SSSR count). The zero-order valence-electron chi connectivity index (χ0n) is 19.0. The molecule has 7 heteroatoms. The number of tetrazole rings is 1. The van der Waals surface area contributed by atoms with E-state index in [2.05, 4.69) is 78.1 Å². The quantitative estimate of drug-likeness (QED) is 0.634. The Hall–Kier alpha value is -2.80. The molecule has 1 unspecified atom stereocenters. The molecule has 1 aliphatic heterocycles. The van der Waals surface area contributed by atoms with Crippen LogP contribution in [0.15, 0.2) is 42.5 Å². The first-order chi connectivity index (χ1) is 14.8. The van der Waals surface area contributed by atoms with E-state index >= 15 is 0 Å². The molecule has 6 nitrogen and oxygen atoms in total. The molecule has 0 spiro atoms. The van der Waals surface area contributed by atoms with Gasteiger partial charge in [-0.05, 0) is 79.9 Å². The van der Waals surface area contributed by atoms with E-state index in [1.54, 1.807) is 0 Å². The Bertz CT molecular complexity index is 1030. The molecule has 1 saturated heterocycles.